The Labute approximate surface area is 86.8 Å². The average molecular weight is 203 g/mol. The minimum absolute atomic E-state index is 0.159. The number of nitrogens with one attached hydrogen (secondary N) is 1. The van der Waals surface area contributed by atoms with Gasteiger partial charge in [-0.3, -0.25) is 4.79 Å². The van der Waals surface area contributed by atoms with Crippen LogP contribution in [0.1, 0.15) is 21.6 Å². The zero-order valence-electron chi connectivity index (χ0n) is 8.25. The summed E-state index contributed by atoms with van der Waals surface area (Å²) in [6.07, 6.45) is 0. The Morgan fingerprint density at radius 3 is 2.47 bits per heavy atom. The maximum Gasteiger partial charge on any atom is 0.194 e. The zero-order valence-corrected chi connectivity index (χ0v) is 8.25. The molecule has 0 bridgehead atoms. The number of hydrogen-bond donors (Lipinski definition) is 1. The van der Waals surface area contributed by atoms with Crippen molar-refractivity contribution in [2.75, 3.05) is 0 Å². The molecule has 0 amide bonds. The van der Waals surface area contributed by atoms with Gasteiger partial charge in [-0.25, -0.2) is 0 Å². The smallest absolute Gasteiger partial charge is 0.194 e. The maximum atomic E-state index is 12.9. The quantitative estimate of drug-likeness (QED) is 0.748. The zero-order chi connectivity index (χ0) is 10.8. The van der Waals surface area contributed by atoms with Gasteiger partial charge in [0.25, 0.3) is 0 Å². The first-order valence-electron chi connectivity index (χ1n) is 4.63. The molecule has 2 nitrogen and oxygen atoms in total. The van der Waals surface area contributed by atoms with Gasteiger partial charge >= 0.3 is 0 Å². The maximum absolute atomic E-state index is 12.9. The summed E-state index contributed by atoms with van der Waals surface area (Å²) in [7, 11) is 0. The Morgan fingerprint density at radius 1 is 1.27 bits per heavy atom. The van der Waals surface area contributed by atoms with Gasteiger partial charge in [-0.15, -0.1) is 0 Å². The molecule has 0 aliphatic carbocycles. The second-order valence-electron chi connectivity index (χ2n) is 3.35. The van der Waals surface area contributed by atoms with Crippen LogP contribution < -0.4 is 0 Å². The first-order chi connectivity index (χ1) is 7.18. The molecule has 1 aromatic heterocycles. The molecule has 3 heteroatoms. The molecule has 0 radical (unpaired) electrons. The van der Waals surface area contributed by atoms with Crippen molar-refractivity contribution < 1.29 is 9.18 Å². The van der Waals surface area contributed by atoms with Crippen molar-refractivity contribution >= 4 is 5.78 Å². The van der Waals surface area contributed by atoms with Crippen LogP contribution in [0.25, 0.3) is 0 Å². The Hall–Kier alpha value is -1.90. The molecule has 1 heterocycles. The molecule has 0 saturated heterocycles. The molecule has 0 aliphatic heterocycles. The van der Waals surface area contributed by atoms with Gasteiger partial charge in [0.2, 0.25) is 0 Å². The SMILES string of the molecule is Cc1[nH]c(F)cc1C(=O)c1ccccc1. The van der Waals surface area contributed by atoms with Crippen molar-refractivity contribution in [2.24, 2.45) is 0 Å². The van der Waals surface area contributed by atoms with Gasteiger partial charge in [0.1, 0.15) is 0 Å². The van der Waals surface area contributed by atoms with Gasteiger partial charge in [0.15, 0.2) is 11.7 Å². The molecule has 1 aromatic carbocycles. The molecule has 15 heavy (non-hydrogen) atoms. The van der Waals surface area contributed by atoms with E-state index in [9.17, 15) is 9.18 Å². The molecule has 0 saturated carbocycles. The van der Waals surface area contributed by atoms with Crippen molar-refractivity contribution in [1.82, 2.24) is 4.98 Å². The van der Waals surface area contributed by atoms with E-state index >= 15 is 0 Å². The molecule has 76 valence electrons. The minimum atomic E-state index is -0.480. The first-order valence-corrected chi connectivity index (χ1v) is 4.63. The number of ketones is 1. The highest BCUT2D eigenvalue weighted by molar-refractivity contribution is 6.09. The van der Waals surface area contributed by atoms with Gasteiger partial charge in [-0.2, -0.15) is 4.39 Å². The molecule has 0 atom stereocenters. The van der Waals surface area contributed by atoms with Crippen LogP contribution in [0.5, 0.6) is 0 Å². The molecular formula is C12H10FNO. The number of aromatic nitrogens is 1. The third kappa shape index (κ3) is 1.81. The average Bonchev–Trinajstić information content (AvgIpc) is 2.58. The van der Waals surface area contributed by atoms with Crippen LogP contribution in [0.2, 0.25) is 0 Å². The summed E-state index contributed by atoms with van der Waals surface area (Å²) in [5.74, 6) is -0.639. The van der Waals surface area contributed by atoms with Crippen LogP contribution in [-0.2, 0) is 0 Å². The van der Waals surface area contributed by atoms with E-state index in [2.05, 4.69) is 4.98 Å². The molecule has 0 aliphatic rings. The lowest BCUT2D eigenvalue weighted by Gasteiger charge is -1.98. The van der Waals surface area contributed by atoms with Crippen LogP contribution in [-0.4, -0.2) is 10.8 Å². The highest BCUT2D eigenvalue weighted by Gasteiger charge is 2.14. The lowest BCUT2D eigenvalue weighted by molar-refractivity contribution is 0.103. The van der Waals surface area contributed by atoms with Crippen molar-refractivity contribution in [3.8, 4) is 0 Å². The summed E-state index contributed by atoms with van der Waals surface area (Å²) in [6, 6.07) is 10.1. The molecule has 0 fully saturated rings. The molecule has 2 rings (SSSR count). The summed E-state index contributed by atoms with van der Waals surface area (Å²) in [6.45, 7) is 1.68. The lowest BCUT2D eigenvalue weighted by atomic mass is 10.0. The second kappa shape index (κ2) is 3.69. The van der Waals surface area contributed by atoms with Gasteiger partial charge in [0, 0.05) is 22.9 Å². The number of carbonyl (C=O) groups excluding carboxylic acids is 1. The van der Waals surface area contributed by atoms with Crippen molar-refractivity contribution in [3.63, 3.8) is 0 Å². The van der Waals surface area contributed by atoms with E-state index in [-0.39, 0.29) is 5.78 Å². The van der Waals surface area contributed by atoms with Crippen molar-refractivity contribution in [3.05, 3.63) is 59.2 Å². The Bertz CT molecular complexity index is 488. The molecular weight excluding hydrogens is 193 g/mol. The van der Waals surface area contributed by atoms with Crippen molar-refractivity contribution in [1.29, 1.82) is 0 Å². The summed E-state index contributed by atoms with van der Waals surface area (Å²) < 4.78 is 12.9. The minimum Gasteiger partial charge on any atom is -0.335 e. The van der Waals surface area contributed by atoms with Crippen LogP contribution in [0, 0.1) is 12.9 Å². The van der Waals surface area contributed by atoms with E-state index in [4.69, 9.17) is 0 Å². The third-order valence-corrected chi connectivity index (χ3v) is 2.26. The number of aromatic amines is 1. The number of aryl methyl sites for hydroxylation is 1. The van der Waals surface area contributed by atoms with Gasteiger partial charge < -0.3 is 4.98 Å². The predicted molar refractivity (Wildman–Crippen MR) is 55.4 cm³/mol. The van der Waals surface area contributed by atoms with Crippen LogP contribution in [0.15, 0.2) is 36.4 Å². The van der Waals surface area contributed by atoms with E-state index in [1.165, 1.54) is 6.07 Å². The van der Waals surface area contributed by atoms with E-state index in [1.807, 2.05) is 6.07 Å². The Kier molecular flexibility index (Phi) is 2.37. The van der Waals surface area contributed by atoms with Crippen LogP contribution in [0.3, 0.4) is 0 Å². The van der Waals surface area contributed by atoms with E-state index < -0.39 is 5.95 Å². The van der Waals surface area contributed by atoms with E-state index in [0.29, 0.717) is 16.8 Å². The number of benzene rings is 1. The third-order valence-electron chi connectivity index (χ3n) is 2.26. The highest BCUT2D eigenvalue weighted by Crippen LogP contribution is 2.14. The number of hydrogen-bond acceptors (Lipinski definition) is 1. The number of carbonyl (C=O) groups is 1. The molecule has 0 spiro atoms. The lowest BCUT2D eigenvalue weighted by Crippen LogP contribution is -2.01. The molecule has 2 aromatic rings. The summed E-state index contributed by atoms with van der Waals surface area (Å²) in [5.41, 5.74) is 1.51. The van der Waals surface area contributed by atoms with Crippen LogP contribution in [0.4, 0.5) is 4.39 Å². The summed E-state index contributed by atoms with van der Waals surface area (Å²) in [5, 5.41) is 0. The monoisotopic (exact) mass is 203 g/mol. The fourth-order valence-electron chi connectivity index (χ4n) is 1.50. The summed E-state index contributed by atoms with van der Waals surface area (Å²) in [4.78, 5) is 14.4. The fourth-order valence-corrected chi connectivity index (χ4v) is 1.50. The Morgan fingerprint density at radius 2 is 1.93 bits per heavy atom. The van der Waals surface area contributed by atoms with Gasteiger partial charge in [-0.1, -0.05) is 30.3 Å². The standard InChI is InChI=1S/C12H10FNO/c1-8-10(7-11(13)14-8)12(15)9-5-3-2-4-6-9/h2-7,14H,1H3. The van der Waals surface area contributed by atoms with Crippen molar-refractivity contribution in [2.45, 2.75) is 6.92 Å². The fraction of sp³-hybridized carbons (Fsp3) is 0.0833. The second-order valence-corrected chi connectivity index (χ2v) is 3.35. The normalized spacial score (nSPS) is 10.3. The van der Waals surface area contributed by atoms with E-state index in [1.54, 1.807) is 31.2 Å². The van der Waals surface area contributed by atoms with Gasteiger partial charge in [-0.05, 0) is 6.92 Å². The van der Waals surface area contributed by atoms with E-state index in [0.717, 1.165) is 0 Å². The van der Waals surface area contributed by atoms with Crippen LogP contribution >= 0.6 is 0 Å². The predicted octanol–water partition coefficient (Wildman–Crippen LogP) is 2.69. The summed E-state index contributed by atoms with van der Waals surface area (Å²) >= 11 is 0. The Balaban J connectivity index is 2.41. The largest absolute Gasteiger partial charge is 0.335 e. The highest BCUT2D eigenvalue weighted by atomic mass is 19.1. The van der Waals surface area contributed by atoms with Gasteiger partial charge in [0.05, 0.1) is 0 Å². The molecule has 1 N–H and O–H groups in total. The number of H-pyrrole nitrogens is 1. The molecule has 0 unspecified atom stereocenters. The first kappa shape index (κ1) is 9.65. The number of halogens is 1. The topological polar surface area (TPSA) is 32.9 Å². The number of rotatable bonds is 2.